The minimum Gasteiger partial charge on any atom is -0.391 e. The molecule has 1 fully saturated rings. The van der Waals surface area contributed by atoms with Crippen molar-refractivity contribution in [2.24, 2.45) is 5.92 Å². The zero-order chi connectivity index (χ0) is 19.7. The number of fused-ring (bicyclic) bond motifs is 1. The van der Waals surface area contributed by atoms with Crippen molar-refractivity contribution in [2.75, 3.05) is 19.6 Å². The molecule has 2 heterocycles. The quantitative estimate of drug-likeness (QED) is 0.797. The van der Waals surface area contributed by atoms with Gasteiger partial charge in [-0.05, 0) is 80.0 Å². The molecule has 1 saturated heterocycles. The highest BCUT2D eigenvalue weighted by molar-refractivity contribution is 5.31. The van der Waals surface area contributed by atoms with E-state index in [4.69, 9.17) is 0 Å². The number of aryl methyl sites for hydroxylation is 2. The molecule has 0 radical (unpaired) electrons. The smallest absolute Gasteiger partial charge is 0.123 e. The van der Waals surface area contributed by atoms with Crippen LogP contribution in [0.25, 0.3) is 0 Å². The Labute approximate surface area is 166 Å². The number of hydrogen-bond acceptors (Lipinski definition) is 4. The van der Waals surface area contributed by atoms with Crippen molar-refractivity contribution in [1.29, 1.82) is 0 Å². The number of β-amino-alcohol motifs (C(OH)–C–C–N with tert-alkyl or cyclic N) is 1. The van der Waals surface area contributed by atoms with Gasteiger partial charge in [-0.1, -0.05) is 12.1 Å². The maximum absolute atomic E-state index is 13.4. The van der Waals surface area contributed by atoms with Crippen molar-refractivity contribution in [2.45, 2.75) is 50.7 Å². The maximum Gasteiger partial charge on any atom is 0.123 e. The Kier molecular flexibility index (Phi) is 5.76. The van der Waals surface area contributed by atoms with Crippen LogP contribution < -0.4 is 0 Å². The lowest BCUT2D eigenvalue weighted by Gasteiger charge is -2.38. The minimum absolute atomic E-state index is 0.0602. The molecule has 0 unspecified atom stereocenters. The first kappa shape index (κ1) is 19.5. The average Bonchev–Trinajstić information content (AvgIpc) is 2.82. The molecule has 1 aromatic heterocycles. The molecule has 5 heteroatoms. The van der Waals surface area contributed by atoms with Crippen LogP contribution in [0.3, 0.4) is 0 Å². The lowest BCUT2D eigenvalue weighted by molar-refractivity contribution is 0.0371. The van der Waals surface area contributed by atoms with Crippen LogP contribution in [0.1, 0.15) is 53.7 Å². The second-order valence-corrected chi connectivity index (χ2v) is 8.43. The summed E-state index contributed by atoms with van der Waals surface area (Å²) in [6, 6.07) is 8.85. The van der Waals surface area contributed by atoms with Crippen molar-refractivity contribution in [1.82, 2.24) is 9.88 Å². The van der Waals surface area contributed by atoms with E-state index in [0.29, 0.717) is 12.5 Å². The molecule has 2 N–H and O–H groups in total. The molecule has 1 aromatic carbocycles. The fourth-order valence-electron chi connectivity index (χ4n) is 4.98. The predicted octanol–water partition coefficient (Wildman–Crippen LogP) is 3.37. The van der Waals surface area contributed by atoms with Crippen LogP contribution in [0, 0.1) is 18.7 Å². The number of likely N-dealkylation sites (tertiary alicyclic amines) is 1. The van der Waals surface area contributed by atoms with Crippen LogP contribution in [0.5, 0.6) is 0 Å². The molecule has 0 saturated carbocycles. The van der Waals surface area contributed by atoms with E-state index in [2.05, 4.69) is 16.0 Å². The summed E-state index contributed by atoms with van der Waals surface area (Å²) in [6.07, 6.45) is 4.35. The lowest BCUT2D eigenvalue weighted by atomic mass is 9.84. The summed E-state index contributed by atoms with van der Waals surface area (Å²) in [4.78, 5) is 6.70. The van der Waals surface area contributed by atoms with E-state index in [-0.39, 0.29) is 11.7 Å². The van der Waals surface area contributed by atoms with Crippen molar-refractivity contribution in [3.63, 3.8) is 0 Å². The highest BCUT2D eigenvalue weighted by atomic mass is 19.1. The molecule has 0 bridgehead atoms. The van der Waals surface area contributed by atoms with Gasteiger partial charge < -0.3 is 15.1 Å². The first-order valence-corrected chi connectivity index (χ1v) is 10.3. The molecule has 0 spiro atoms. The molecular weight excluding hydrogens is 355 g/mol. The van der Waals surface area contributed by atoms with Gasteiger partial charge in [-0.25, -0.2) is 4.39 Å². The zero-order valence-corrected chi connectivity index (χ0v) is 16.4. The monoisotopic (exact) mass is 384 g/mol. The Morgan fingerprint density at radius 2 is 2.07 bits per heavy atom. The van der Waals surface area contributed by atoms with E-state index < -0.39 is 12.2 Å². The summed E-state index contributed by atoms with van der Waals surface area (Å²) in [5.74, 6) is 0.223. The van der Waals surface area contributed by atoms with E-state index in [1.165, 1.54) is 6.07 Å². The van der Waals surface area contributed by atoms with Crippen LogP contribution in [-0.2, 0) is 6.42 Å². The highest BCUT2D eigenvalue weighted by Gasteiger charge is 2.32. The van der Waals surface area contributed by atoms with Crippen molar-refractivity contribution >= 4 is 0 Å². The number of aliphatic hydroxyl groups excluding tert-OH is 2. The summed E-state index contributed by atoms with van der Waals surface area (Å²) in [5, 5.41) is 21.3. The van der Waals surface area contributed by atoms with Crippen molar-refractivity contribution in [3.05, 3.63) is 64.7 Å². The SMILES string of the molecule is Cc1cc(F)ccc1[C@@H]1CCN(C[C@@H]2CCc3cccnc3[C@@H](O)C2)C[C@H]1O. The van der Waals surface area contributed by atoms with Gasteiger partial charge in [-0.15, -0.1) is 0 Å². The third-order valence-corrected chi connectivity index (χ3v) is 6.43. The molecule has 28 heavy (non-hydrogen) atoms. The van der Waals surface area contributed by atoms with E-state index in [1.807, 2.05) is 19.1 Å². The molecule has 4 rings (SSSR count). The second-order valence-electron chi connectivity index (χ2n) is 8.43. The molecule has 2 aromatic rings. The number of rotatable bonds is 3. The predicted molar refractivity (Wildman–Crippen MR) is 107 cm³/mol. The average molecular weight is 384 g/mol. The zero-order valence-electron chi connectivity index (χ0n) is 16.4. The molecule has 0 amide bonds. The number of aromatic nitrogens is 1. The maximum atomic E-state index is 13.4. The van der Waals surface area contributed by atoms with Gasteiger partial charge in [0, 0.05) is 25.2 Å². The first-order chi connectivity index (χ1) is 13.5. The molecule has 1 aliphatic heterocycles. The fourth-order valence-corrected chi connectivity index (χ4v) is 4.98. The number of aliphatic hydroxyl groups is 2. The van der Waals surface area contributed by atoms with E-state index in [9.17, 15) is 14.6 Å². The van der Waals surface area contributed by atoms with Crippen molar-refractivity contribution < 1.29 is 14.6 Å². The minimum atomic E-state index is -0.506. The first-order valence-electron chi connectivity index (χ1n) is 10.3. The van der Waals surface area contributed by atoms with Gasteiger partial charge in [-0.2, -0.15) is 0 Å². The summed E-state index contributed by atoms with van der Waals surface area (Å²) >= 11 is 0. The van der Waals surface area contributed by atoms with Gasteiger partial charge >= 0.3 is 0 Å². The molecule has 1 aliphatic carbocycles. The number of nitrogens with zero attached hydrogens (tertiary/aromatic N) is 2. The summed E-state index contributed by atoms with van der Waals surface area (Å²) in [5.41, 5.74) is 3.95. The van der Waals surface area contributed by atoms with Crippen LogP contribution in [0.15, 0.2) is 36.5 Å². The topological polar surface area (TPSA) is 56.6 Å². The number of piperidine rings is 1. The highest BCUT2D eigenvalue weighted by Crippen LogP contribution is 2.34. The van der Waals surface area contributed by atoms with E-state index >= 15 is 0 Å². The summed E-state index contributed by atoms with van der Waals surface area (Å²) in [6.45, 7) is 4.34. The largest absolute Gasteiger partial charge is 0.391 e. The van der Waals surface area contributed by atoms with Gasteiger partial charge in [0.2, 0.25) is 0 Å². The fraction of sp³-hybridized carbons (Fsp3) is 0.522. The Bertz CT molecular complexity index is 828. The van der Waals surface area contributed by atoms with Gasteiger partial charge in [0.1, 0.15) is 5.82 Å². The third kappa shape index (κ3) is 4.12. The molecular formula is C23H29FN2O2. The van der Waals surface area contributed by atoms with Crippen LogP contribution in [0.2, 0.25) is 0 Å². The normalized spacial score (nSPS) is 28.6. The Hall–Kier alpha value is -1.82. The number of hydrogen-bond donors (Lipinski definition) is 2. The summed E-state index contributed by atoms with van der Waals surface area (Å²) in [7, 11) is 0. The molecule has 2 aliphatic rings. The molecule has 150 valence electrons. The number of halogens is 1. The van der Waals surface area contributed by atoms with Crippen LogP contribution in [-0.4, -0.2) is 45.8 Å². The molecule has 4 atom stereocenters. The Balaban J connectivity index is 1.37. The van der Waals surface area contributed by atoms with Crippen LogP contribution in [0.4, 0.5) is 4.39 Å². The summed E-state index contributed by atoms with van der Waals surface area (Å²) < 4.78 is 13.4. The van der Waals surface area contributed by atoms with Gasteiger partial charge in [0.05, 0.1) is 17.9 Å². The third-order valence-electron chi connectivity index (χ3n) is 6.43. The number of benzene rings is 1. The van der Waals surface area contributed by atoms with Crippen molar-refractivity contribution in [3.8, 4) is 0 Å². The lowest BCUT2D eigenvalue weighted by Crippen LogP contribution is -2.44. The van der Waals surface area contributed by atoms with Gasteiger partial charge in [0.25, 0.3) is 0 Å². The van der Waals surface area contributed by atoms with E-state index in [1.54, 1.807) is 12.3 Å². The molecule has 4 nitrogen and oxygen atoms in total. The van der Waals surface area contributed by atoms with Gasteiger partial charge in [-0.3, -0.25) is 4.98 Å². The second kappa shape index (κ2) is 8.27. The van der Waals surface area contributed by atoms with Gasteiger partial charge in [0.15, 0.2) is 0 Å². The Morgan fingerprint density at radius 3 is 2.86 bits per heavy atom. The number of pyridine rings is 1. The van der Waals surface area contributed by atoms with Crippen LogP contribution >= 0.6 is 0 Å². The van der Waals surface area contributed by atoms with E-state index in [0.717, 1.165) is 61.2 Å². The Morgan fingerprint density at radius 1 is 1.21 bits per heavy atom. The standard InChI is InChI=1S/C23H29FN2O2/c1-15-11-18(24)6-7-19(15)20-8-10-26(14-22(20)28)13-16-4-5-17-3-2-9-25-23(17)21(27)12-16/h2-3,6-7,9,11,16,20-22,27-28H,4-5,8,10,12-14H2,1H3/t16-,20+,21+,22-/m1/s1.